The van der Waals surface area contributed by atoms with Gasteiger partial charge in [-0.05, 0) is 25.5 Å². The van der Waals surface area contributed by atoms with Crippen molar-refractivity contribution < 1.29 is 14.3 Å². The van der Waals surface area contributed by atoms with E-state index in [1.165, 1.54) is 0 Å². The number of rotatable bonds is 6. The van der Waals surface area contributed by atoms with Crippen molar-refractivity contribution in [1.29, 1.82) is 0 Å². The number of nitrogens with zero attached hydrogens (tertiary/aromatic N) is 1. The first kappa shape index (κ1) is 15.3. The fourth-order valence-electron chi connectivity index (χ4n) is 1.65. The molecule has 1 amide bonds. The van der Waals surface area contributed by atoms with Crippen LogP contribution in [0.4, 0.5) is 0 Å². The lowest BCUT2D eigenvalue weighted by molar-refractivity contribution is 0.0791. The summed E-state index contributed by atoms with van der Waals surface area (Å²) >= 11 is 0. The lowest BCUT2D eigenvalue weighted by atomic mass is 10.1. The van der Waals surface area contributed by atoms with Crippen LogP contribution in [0.1, 0.15) is 23.7 Å². The van der Waals surface area contributed by atoms with Gasteiger partial charge in [0.2, 0.25) is 0 Å². The van der Waals surface area contributed by atoms with Gasteiger partial charge in [-0.25, -0.2) is 0 Å². The zero-order valence-corrected chi connectivity index (χ0v) is 12.0. The van der Waals surface area contributed by atoms with Crippen LogP contribution in [0, 0.1) is 0 Å². The van der Waals surface area contributed by atoms with Gasteiger partial charge in [-0.3, -0.25) is 4.79 Å². The number of ether oxygens (including phenoxy) is 2. The normalized spacial score (nSPS) is 11.8. The number of benzene rings is 1. The summed E-state index contributed by atoms with van der Waals surface area (Å²) in [6.07, 6.45) is 0.767. The van der Waals surface area contributed by atoms with E-state index in [9.17, 15) is 4.79 Å². The van der Waals surface area contributed by atoms with Crippen molar-refractivity contribution >= 4 is 5.91 Å². The summed E-state index contributed by atoms with van der Waals surface area (Å²) in [6.45, 7) is 2.54. The van der Waals surface area contributed by atoms with Crippen LogP contribution in [-0.2, 0) is 0 Å². The summed E-state index contributed by atoms with van der Waals surface area (Å²) in [5.74, 6) is 1.13. The molecule has 106 valence electrons. The zero-order chi connectivity index (χ0) is 14.4. The zero-order valence-electron chi connectivity index (χ0n) is 12.0. The molecule has 0 saturated carbocycles. The highest BCUT2D eigenvalue weighted by Gasteiger charge is 2.14. The molecule has 0 bridgehead atoms. The van der Waals surface area contributed by atoms with Crippen LogP contribution in [0.25, 0.3) is 0 Å². The average molecular weight is 266 g/mol. The topological polar surface area (TPSA) is 64.8 Å². The Morgan fingerprint density at radius 3 is 2.21 bits per heavy atom. The van der Waals surface area contributed by atoms with Gasteiger partial charge in [0.1, 0.15) is 11.5 Å². The third-order valence-electron chi connectivity index (χ3n) is 2.86. The maximum Gasteiger partial charge on any atom is 0.253 e. The second kappa shape index (κ2) is 6.99. The molecule has 1 aromatic rings. The van der Waals surface area contributed by atoms with Gasteiger partial charge in [-0.15, -0.1) is 0 Å². The molecule has 0 fully saturated rings. The smallest absolute Gasteiger partial charge is 0.253 e. The van der Waals surface area contributed by atoms with Crippen molar-refractivity contribution in [2.24, 2.45) is 5.73 Å². The third-order valence-corrected chi connectivity index (χ3v) is 2.86. The van der Waals surface area contributed by atoms with Crippen molar-refractivity contribution in [1.82, 2.24) is 4.90 Å². The molecular formula is C14H22N2O3. The van der Waals surface area contributed by atoms with Gasteiger partial charge in [0, 0.05) is 31.3 Å². The van der Waals surface area contributed by atoms with Gasteiger partial charge >= 0.3 is 0 Å². The Labute approximate surface area is 114 Å². The molecule has 0 aliphatic rings. The molecule has 0 aliphatic heterocycles. The molecule has 19 heavy (non-hydrogen) atoms. The molecule has 1 unspecified atom stereocenters. The van der Waals surface area contributed by atoms with Crippen molar-refractivity contribution in [3.05, 3.63) is 23.8 Å². The van der Waals surface area contributed by atoms with E-state index in [4.69, 9.17) is 15.2 Å². The van der Waals surface area contributed by atoms with E-state index in [1.807, 2.05) is 6.92 Å². The average Bonchev–Trinajstić information content (AvgIpc) is 2.42. The van der Waals surface area contributed by atoms with Crippen LogP contribution < -0.4 is 15.2 Å². The Balaban J connectivity index is 2.85. The van der Waals surface area contributed by atoms with E-state index < -0.39 is 0 Å². The highest BCUT2D eigenvalue weighted by Crippen LogP contribution is 2.23. The number of hydrogen-bond acceptors (Lipinski definition) is 4. The lowest BCUT2D eigenvalue weighted by Crippen LogP contribution is -2.31. The minimum absolute atomic E-state index is 0.0714. The predicted molar refractivity (Wildman–Crippen MR) is 74.8 cm³/mol. The van der Waals surface area contributed by atoms with Gasteiger partial charge in [0.15, 0.2) is 0 Å². The molecule has 0 radical (unpaired) electrons. The quantitative estimate of drug-likeness (QED) is 0.847. The first-order chi connectivity index (χ1) is 8.97. The van der Waals surface area contributed by atoms with Crippen LogP contribution in [0.3, 0.4) is 0 Å². The molecular weight excluding hydrogens is 244 g/mol. The van der Waals surface area contributed by atoms with Crippen molar-refractivity contribution in [3.63, 3.8) is 0 Å². The number of amides is 1. The summed E-state index contributed by atoms with van der Waals surface area (Å²) < 4.78 is 10.3. The Morgan fingerprint density at radius 2 is 1.79 bits per heavy atom. The van der Waals surface area contributed by atoms with Gasteiger partial charge in [-0.1, -0.05) is 0 Å². The van der Waals surface area contributed by atoms with Crippen molar-refractivity contribution in [3.8, 4) is 11.5 Å². The van der Waals surface area contributed by atoms with Crippen LogP contribution >= 0.6 is 0 Å². The molecule has 1 atom stereocenters. The maximum absolute atomic E-state index is 12.3. The minimum atomic E-state index is -0.0714. The van der Waals surface area contributed by atoms with Crippen LogP contribution in [0.15, 0.2) is 18.2 Å². The predicted octanol–water partition coefficient (Wildman–Crippen LogP) is 1.51. The van der Waals surface area contributed by atoms with Gasteiger partial charge < -0.3 is 20.1 Å². The van der Waals surface area contributed by atoms with E-state index in [1.54, 1.807) is 44.4 Å². The van der Waals surface area contributed by atoms with Gasteiger partial charge in [0.25, 0.3) is 5.91 Å². The Bertz CT molecular complexity index is 410. The summed E-state index contributed by atoms with van der Waals surface area (Å²) in [7, 11) is 4.88. The Morgan fingerprint density at radius 1 is 1.26 bits per heavy atom. The molecule has 1 aromatic carbocycles. The van der Waals surface area contributed by atoms with Crippen LogP contribution in [0.5, 0.6) is 11.5 Å². The van der Waals surface area contributed by atoms with Crippen LogP contribution in [0.2, 0.25) is 0 Å². The fourth-order valence-corrected chi connectivity index (χ4v) is 1.65. The molecule has 0 aromatic heterocycles. The van der Waals surface area contributed by atoms with E-state index in [0.717, 1.165) is 6.42 Å². The molecule has 2 N–H and O–H groups in total. The largest absolute Gasteiger partial charge is 0.497 e. The van der Waals surface area contributed by atoms with E-state index in [2.05, 4.69) is 0 Å². The maximum atomic E-state index is 12.3. The second-order valence-corrected chi connectivity index (χ2v) is 4.59. The highest BCUT2D eigenvalue weighted by molar-refractivity contribution is 5.94. The standard InChI is InChI=1S/C14H22N2O3/c1-10(15)5-6-16(2)14(17)11-7-12(18-3)9-13(8-11)19-4/h7-10H,5-6,15H2,1-4H3. The number of nitrogens with two attached hydrogens (primary N) is 1. The number of carbonyl (C=O) groups excluding carboxylic acids is 1. The molecule has 0 heterocycles. The van der Waals surface area contributed by atoms with E-state index in [-0.39, 0.29) is 11.9 Å². The summed E-state index contributed by atoms with van der Waals surface area (Å²) in [5.41, 5.74) is 6.24. The summed E-state index contributed by atoms with van der Waals surface area (Å²) in [4.78, 5) is 13.9. The third kappa shape index (κ3) is 4.44. The lowest BCUT2D eigenvalue weighted by Gasteiger charge is -2.19. The molecule has 0 saturated heterocycles. The first-order valence-corrected chi connectivity index (χ1v) is 6.22. The number of hydrogen-bond donors (Lipinski definition) is 1. The fraction of sp³-hybridized carbons (Fsp3) is 0.500. The summed E-state index contributed by atoms with van der Waals surface area (Å²) in [5, 5.41) is 0. The van der Waals surface area contributed by atoms with Gasteiger partial charge in [-0.2, -0.15) is 0 Å². The minimum Gasteiger partial charge on any atom is -0.497 e. The molecule has 0 spiro atoms. The molecule has 1 rings (SSSR count). The molecule has 5 heteroatoms. The highest BCUT2D eigenvalue weighted by atomic mass is 16.5. The molecule has 0 aliphatic carbocycles. The SMILES string of the molecule is COc1cc(OC)cc(C(=O)N(C)CCC(C)N)c1. The summed E-state index contributed by atoms with van der Waals surface area (Å²) in [6, 6.07) is 5.22. The number of methoxy groups -OCH3 is 2. The Kier molecular flexibility index (Phi) is 5.63. The van der Waals surface area contributed by atoms with Gasteiger partial charge in [0.05, 0.1) is 14.2 Å². The van der Waals surface area contributed by atoms with Crippen molar-refractivity contribution in [2.45, 2.75) is 19.4 Å². The van der Waals surface area contributed by atoms with Crippen molar-refractivity contribution in [2.75, 3.05) is 27.8 Å². The second-order valence-electron chi connectivity index (χ2n) is 4.59. The van der Waals surface area contributed by atoms with E-state index in [0.29, 0.717) is 23.6 Å². The van der Waals surface area contributed by atoms with E-state index >= 15 is 0 Å². The Hall–Kier alpha value is -1.75. The first-order valence-electron chi connectivity index (χ1n) is 6.22. The monoisotopic (exact) mass is 266 g/mol. The number of carbonyl (C=O) groups is 1. The van der Waals surface area contributed by atoms with Crippen LogP contribution in [-0.4, -0.2) is 44.7 Å². The molecule has 5 nitrogen and oxygen atoms in total.